The Bertz CT molecular complexity index is 1030. The third kappa shape index (κ3) is 4.68. The van der Waals surface area contributed by atoms with Gasteiger partial charge in [0.2, 0.25) is 5.91 Å². The van der Waals surface area contributed by atoms with Crippen molar-refractivity contribution in [1.29, 1.82) is 0 Å². The average Bonchev–Trinajstić information content (AvgIpc) is 2.67. The van der Waals surface area contributed by atoms with Crippen LogP contribution in [0.15, 0.2) is 64.5 Å². The number of ketones is 1. The summed E-state index contributed by atoms with van der Waals surface area (Å²) in [6, 6.07) is 15.8. The number of nitrogens with one attached hydrogen (secondary N) is 2. The molecule has 27 heavy (non-hydrogen) atoms. The van der Waals surface area contributed by atoms with Crippen molar-refractivity contribution >= 4 is 29.1 Å². The SMILES string of the molecule is CC(=O)c1ccccc1NC(=O)CSc1nnc(-c2ccccc2)c(=O)[nH]1. The minimum absolute atomic E-state index is 0.0154. The van der Waals surface area contributed by atoms with Gasteiger partial charge in [0.05, 0.1) is 11.4 Å². The number of amides is 1. The number of nitrogens with zero attached hydrogens (tertiary/aromatic N) is 2. The number of anilines is 1. The number of aromatic amines is 1. The summed E-state index contributed by atoms with van der Waals surface area (Å²) >= 11 is 1.05. The zero-order chi connectivity index (χ0) is 19.2. The Morgan fingerprint density at radius 3 is 2.44 bits per heavy atom. The first-order valence-electron chi connectivity index (χ1n) is 8.09. The highest BCUT2D eigenvalue weighted by Gasteiger charge is 2.12. The van der Waals surface area contributed by atoms with Crippen molar-refractivity contribution in [3.8, 4) is 11.3 Å². The molecule has 0 aliphatic rings. The third-order valence-electron chi connectivity index (χ3n) is 3.64. The standard InChI is InChI=1S/C19H16N4O3S/c1-12(24)14-9-5-6-10-15(14)20-16(25)11-27-19-21-18(26)17(22-23-19)13-7-3-2-4-8-13/h2-10H,11H2,1H3,(H,20,25)(H,21,23,26). The molecule has 0 aliphatic heterocycles. The molecule has 7 nitrogen and oxygen atoms in total. The van der Waals surface area contributed by atoms with Crippen LogP contribution in [0, 0.1) is 0 Å². The number of benzene rings is 2. The lowest BCUT2D eigenvalue weighted by Crippen LogP contribution is -2.18. The monoisotopic (exact) mass is 380 g/mol. The van der Waals surface area contributed by atoms with Crippen LogP contribution >= 0.6 is 11.8 Å². The highest BCUT2D eigenvalue weighted by molar-refractivity contribution is 7.99. The van der Waals surface area contributed by atoms with Crippen LogP contribution in [0.3, 0.4) is 0 Å². The van der Waals surface area contributed by atoms with E-state index < -0.39 is 0 Å². The van der Waals surface area contributed by atoms with E-state index in [2.05, 4.69) is 20.5 Å². The van der Waals surface area contributed by atoms with Crippen molar-refractivity contribution in [2.45, 2.75) is 12.1 Å². The lowest BCUT2D eigenvalue weighted by Gasteiger charge is -2.08. The first-order chi connectivity index (χ1) is 13.0. The fourth-order valence-electron chi connectivity index (χ4n) is 2.39. The van der Waals surface area contributed by atoms with Gasteiger partial charge in [0.1, 0.15) is 0 Å². The maximum absolute atomic E-state index is 12.2. The molecule has 3 rings (SSSR count). The molecule has 3 aromatic rings. The normalized spacial score (nSPS) is 10.4. The quantitative estimate of drug-likeness (QED) is 0.503. The van der Waals surface area contributed by atoms with E-state index in [4.69, 9.17) is 0 Å². The lowest BCUT2D eigenvalue weighted by molar-refractivity contribution is -0.113. The van der Waals surface area contributed by atoms with Gasteiger partial charge in [0.25, 0.3) is 5.56 Å². The van der Waals surface area contributed by atoms with Crippen molar-refractivity contribution in [3.63, 3.8) is 0 Å². The minimum atomic E-state index is -0.374. The average molecular weight is 380 g/mol. The zero-order valence-electron chi connectivity index (χ0n) is 14.4. The summed E-state index contributed by atoms with van der Waals surface area (Å²) in [5.41, 5.74) is 1.41. The molecular weight excluding hydrogens is 364 g/mol. The number of rotatable bonds is 6. The molecule has 0 atom stereocenters. The number of Topliss-reactive ketones (excluding diaryl/α,β-unsaturated/α-hetero) is 1. The largest absolute Gasteiger partial charge is 0.325 e. The van der Waals surface area contributed by atoms with E-state index in [0.717, 1.165) is 11.8 Å². The maximum Gasteiger partial charge on any atom is 0.278 e. The van der Waals surface area contributed by atoms with E-state index in [-0.39, 0.29) is 33.9 Å². The van der Waals surface area contributed by atoms with Gasteiger partial charge < -0.3 is 5.32 Å². The van der Waals surface area contributed by atoms with E-state index in [1.165, 1.54) is 6.92 Å². The van der Waals surface area contributed by atoms with E-state index in [0.29, 0.717) is 16.8 Å². The molecule has 0 saturated carbocycles. The van der Waals surface area contributed by atoms with Gasteiger partial charge in [0, 0.05) is 11.1 Å². The maximum atomic E-state index is 12.2. The van der Waals surface area contributed by atoms with Gasteiger partial charge in [-0.05, 0) is 19.1 Å². The molecule has 2 N–H and O–H groups in total. The molecule has 0 saturated heterocycles. The predicted octanol–water partition coefficient (Wildman–Crippen LogP) is 2.77. The summed E-state index contributed by atoms with van der Waals surface area (Å²) in [4.78, 5) is 38.6. The summed E-state index contributed by atoms with van der Waals surface area (Å²) in [6.07, 6.45) is 0. The molecule has 8 heteroatoms. The fraction of sp³-hybridized carbons (Fsp3) is 0.105. The molecule has 0 unspecified atom stereocenters. The number of hydrogen-bond donors (Lipinski definition) is 2. The van der Waals surface area contributed by atoms with E-state index in [1.807, 2.05) is 18.2 Å². The minimum Gasteiger partial charge on any atom is -0.325 e. The van der Waals surface area contributed by atoms with Gasteiger partial charge in [-0.1, -0.05) is 54.2 Å². The molecule has 0 radical (unpaired) electrons. The highest BCUT2D eigenvalue weighted by Crippen LogP contribution is 2.17. The first-order valence-corrected chi connectivity index (χ1v) is 9.08. The molecule has 0 aliphatic carbocycles. The number of carbonyl (C=O) groups excluding carboxylic acids is 2. The second-order valence-electron chi connectivity index (χ2n) is 5.61. The van der Waals surface area contributed by atoms with Crippen LogP contribution in [0.5, 0.6) is 0 Å². The summed E-state index contributed by atoms with van der Waals surface area (Å²) in [5.74, 6) is -0.435. The smallest absolute Gasteiger partial charge is 0.278 e. The summed E-state index contributed by atoms with van der Waals surface area (Å²) in [5, 5.41) is 10.9. The number of H-pyrrole nitrogens is 1. The van der Waals surface area contributed by atoms with Crippen molar-refractivity contribution in [1.82, 2.24) is 15.2 Å². The van der Waals surface area contributed by atoms with Gasteiger partial charge in [-0.25, -0.2) is 0 Å². The van der Waals surface area contributed by atoms with Gasteiger partial charge in [-0.15, -0.1) is 10.2 Å². The van der Waals surface area contributed by atoms with Crippen LogP contribution in [0.1, 0.15) is 17.3 Å². The van der Waals surface area contributed by atoms with Crippen LogP contribution < -0.4 is 10.9 Å². The Balaban J connectivity index is 1.65. The summed E-state index contributed by atoms with van der Waals surface area (Å²) in [7, 11) is 0. The van der Waals surface area contributed by atoms with E-state index >= 15 is 0 Å². The van der Waals surface area contributed by atoms with Crippen molar-refractivity contribution in [2.24, 2.45) is 0 Å². The Hall–Kier alpha value is -3.26. The number of carbonyl (C=O) groups is 2. The number of hydrogen-bond acceptors (Lipinski definition) is 6. The Morgan fingerprint density at radius 1 is 1.04 bits per heavy atom. The van der Waals surface area contributed by atoms with Crippen molar-refractivity contribution < 1.29 is 9.59 Å². The molecule has 0 spiro atoms. The Morgan fingerprint density at radius 2 is 1.74 bits per heavy atom. The third-order valence-corrected chi connectivity index (χ3v) is 4.51. The second kappa shape index (κ2) is 8.41. The molecule has 2 aromatic carbocycles. The van der Waals surface area contributed by atoms with E-state index in [1.54, 1.807) is 36.4 Å². The van der Waals surface area contributed by atoms with Gasteiger partial charge in [0.15, 0.2) is 16.6 Å². The summed E-state index contributed by atoms with van der Waals surface area (Å²) < 4.78 is 0. The zero-order valence-corrected chi connectivity index (χ0v) is 15.2. The molecule has 1 aromatic heterocycles. The van der Waals surface area contributed by atoms with Crippen molar-refractivity contribution in [2.75, 3.05) is 11.1 Å². The number of para-hydroxylation sites is 1. The highest BCUT2D eigenvalue weighted by atomic mass is 32.2. The lowest BCUT2D eigenvalue weighted by atomic mass is 10.1. The van der Waals surface area contributed by atoms with Gasteiger partial charge in [-0.2, -0.15) is 0 Å². The summed E-state index contributed by atoms with van der Waals surface area (Å²) in [6.45, 7) is 1.44. The molecule has 1 amide bonds. The predicted molar refractivity (Wildman–Crippen MR) is 104 cm³/mol. The van der Waals surface area contributed by atoms with Crippen LogP contribution in [0.2, 0.25) is 0 Å². The molecule has 1 heterocycles. The Kier molecular flexibility index (Phi) is 5.77. The van der Waals surface area contributed by atoms with Gasteiger partial charge in [-0.3, -0.25) is 19.4 Å². The molecule has 0 bridgehead atoms. The van der Waals surface area contributed by atoms with Crippen LogP contribution in [0.25, 0.3) is 11.3 Å². The number of aromatic nitrogens is 3. The Labute approximate surface area is 159 Å². The first kappa shape index (κ1) is 18.5. The fourth-order valence-corrected chi connectivity index (χ4v) is 2.99. The topological polar surface area (TPSA) is 105 Å². The molecule has 136 valence electrons. The van der Waals surface area contributed by atoms with E-state index in [9.17, 15) is 14.4 Å². The second-order valence-corrected chi connectivity index (χ2v) is 6.58. The van der Waals surface area contributed by atoms with Gasteiger partial charge >= 0.3 is 0 Å². The molecule has 0 fully saturated rings. The van der Waals surface area contributed by atoms with Crippen LogP contribution in [-0.2, 0) is 4.79 Å². The van der Waals surface area contributed by atoms with Crippen LogP contribution in [0.4, 0.5) is 5.69 Å². The van der Waals surface area contributed by atoms with Crippen LogP contribution in [-0.4, -0.2) is 32.6 Å². The number of thioether (sulfide) groups is 1. The molecular formula is C19H16N4O3S. The van der Waals surface area contributed by atoms with Crippen molar-refractivity contribution in [3.05, 3.63) is 70.5 Å².